The van der Waals surface area contributed by atoms with E-state index in [9.17, 15) is 9.59 Å². The lowest BCUT2D eigenvalue weighted by Crippen LogP contribution is -2.24. The molecule has 0 unspecified atom stereocenters. The van der Waals surface area contributed by atoms with Crippen molar-refractivity contribution >= 4 is 17.5 Å². The highest BCUT2D eigenvalue weighted by Gasteiger charge is 2.13. The standard InChI is InChI=1S/C18H21N3O2/c1-4-9-20-17(22)14-8-10-19-15(11-14)18(23)21-16-12(2)6-5-7-13(16)3/h5-8,10-11H,4,9H2,1-3H3,(H,20,22)(H,21,23). The van der Waals surface area contributed by atoms with Gasteiger partial charge in [-0.25, -0.2) is 0 Å². The number of nitrogens with one attached hydrogen (secondary N) is 2. The molecule has 0 aliphatic heterocycles. The molecule has 0 atom stereocenters. The zero-order valence-corrected chi connectivity index (χ0v) is 13.6. The van der Waals surface area contributed by atoms with Crippen LogP contribution in [0.25, 0.3) is 0 Å². The number of hydrogen-bond acceptors (Lipinski definition) is 3. The molecule has 2 amide bonds. The average Bonchev–Trinajstić information content (AvgIpc) is 2.56. The van der Waals surface area contributed by atoms with E-state index >= 15 is 0 Å². The van der Waals surface area contributed by atoms with Crippen LogP contribution < -0.4 is 10.6 Å². The molecule has 5 heteroatoms. The van der Waals surface area contributed by atoms with Crippen molar-refractivity contribution in [2.75, 3.05) is 11.9 Å². The third-order valence-electron chi connectivity index (χ3n) is 3.51. The second kappa shape index (κ2) is 7.54. The van der Waals surface area contributed by atoms with E-state index in [4.69, 9.17) is 0 Å². The van der Waals surface area contributed by atoms with Crippen LogP contribution in [0.15, 0.2) is 36.5 Å². The SMILES string of the molecule is CCCNC(=O)c1ccnc(C(=O)Nc2c(C)cccc2C)c1. The minimum absolute atomic E-state index is 0.199. The summed E-state index contributed by atoms with van der Waals surface area (Å²) in [5.74, 6) is -0.525. The van der Waals surface area contributed by atoms with Crippen LogP contribution in [0.5, 0.6) is 0 Å². The maximum atomic E-state index is 12.4. The van der Waals surface area contributed by atoms with Crippen LogP contribution in [0.2, 0.25) is 0 Å². The van der Waals surface area contributed by atoms with E-state index in [1.807, 2.05) is 39.0 Å². The van der Waals surface area contributed by atoms with Gasteiger partial charge in [0.1, 0.15) is 5.69 Å². The molecule has 0 aliphatic carbocycles. The van der Waals surface area contributed by atoms with Gasteiger partial charge < -0.3 is 10.6 Å². The summed E-state index contributed by atoms with van der Waals surface area (Å²) in [5.41, 5.74) is 3.39. The van der Waals surface area contributed by atoms with Gasteiger partial charge in [-0.05, 0) is 43.5 Å². The lowest BCUT2D eigenvalue weighted by molar-refractivity contribution is 0.0953. The van der Waals surface area contributed by atoms with Gasteiger partial charge in [0, 0.05) is 24.0 Å². The van der Waals surface area contributed by atoms with Crippen LogP contribution in [0.4, 0.5) is 5.69 Å². The molecule has 1 aromatic carbocycles. The molecule has 1 aromatic heterocycles. The molecule has 0 saturated heterocycles. The Balaban J connectivity index is 2.18. The molecule has 2 N–H and O–H groups in total. The number of rotatable bonds is 5. The Morgan fingerprint density at radius 2 is 1.78 bits per heavy atom. The molecule has 23 heavy (non-hydrogen) atoms. The number of aromatic nitrogens is 1. The predicted molar refractivity (Wildman–Crippen MR) is 90.7 cm³/mol. The van der Waals surface area contributed by atoms with E-state index in [0.717, 1.165) is 23.2 Å². The molecule has 2 rings (SSSR count). The van der Waals surface area contributed by atoms with Crippen LogP contribution >= 0.6 is 0 Å². The highest BCUT2D eigenvalue weighted by Crippen LogP contribution is 2.20. The monoisotopic (exact) mass is 311 g/mol. The summed E-state index contributed by atoms with van der Waals surface area (Å²) in [4.78, 5) is 28.4. The van der Waals surface area contributed by atoms with E-state index in [1.165, 1.54) is 12.3 Å². The van der Waals surface area contributed by atoms with Crippen LogP contribution in [0.3, 0.4) is 0 Å². The lowest BCUT2D eigenvalue weighted by Gasteiger charge is -2.11. The van der Waals surface area contributed by atoms with Crippen molar-refractivity contribution in [2.24, 2.45) is 0 Å². The number of carbonyl (C=O) groups excluding carboxylic acids is 2. The van der Waals surface area contributed by atoms with E-state index in [0.29, 0.717) is 12.1 Å². The molecular formula is C18H21N3O2. The lowest BCUT2D eigenvalue weighted by atomic mass is 10.1. The number of amides is 2. The molecule has 0 bridgehead atoms. The number of para-hydroxylation sites is 1. The van der Waals surface area contributed by atoms with Crippen molar-refractivity contribution < 1.29 is 9.59 Å². The minimum Gasteiger partial charge on any atom is -0.352 e. The Kier molecular flexibility index (Phi) is 5.46. The largest absolute Gasteiger partial charge is 0.352 e. The zero-order chi connectivity index (χ0) is 16.8. The van der Waals surface area contributed by atoms with Crippen molar-refractivity contribution in [3.63, 3.8) is 0 Å². The van der Waals surface area contributed by atoms with Crippen LogP contribution in [0.1, 0.15) is 45.3 Å². The number of aryl methyl sites for hydroxylation is 2. The van der Waals surface area contributed by atoms with E-state index in [2.05, 4.69) is 15.6 Å². The fourth-order valence-corrected chi connectivity index (χ4v) is 2.23. The summed E-state index contributed by atoms with van der Waals surface area (Å²) in [6, 6.07) is 8.92. The van der Waals surface area contributed by atoms with Gasteiger partial charge in [-0.2, -0.15) is 0 Å². The molecular weight excluding hydrogens is 290 g/mol. The van der Waals surface area contributed by atoms with Crippen LogP contribution in [-0.4, -0.2) is 23.3 Å². The Morgan fingerprint density at radius 3 is 2.43 bits per heavy atom. The summed E-state index contributed by atoms with van der Waals surface area (Å²) in [6.07, 6.45) is 2.33. The number of pyridine rings is 1. The zero-order valence-electron chi connectivity index (χ0n) is 13.6. The number of nitrogens with zero attached hydrogens (tertiary/aromatic N) is 1. The highest BCUT2D eigenvalue weighted by atomic mass is 16.2. The van der Waals surface area contributed by atoms with Crippen molar-refractivity contribution in [1.82, 2.24) is 10.3 Å². The Morgan fingerprint density at radius 1 is 1.09 bits per heavy atom. The van der Waals surface area contributed by atoms with Gasteiger partial charge in [-0.15, -0.1) is 0 Å². The maximum absolute atomic E-state index is 12.4. The first-order valence-corrected chi connectivity index (χ1v) is 7.64. The van der Waals surface area contributed by atoms with E-state index < -0.39 is 0 Å². The molecule has 0 radical (unpaired) electrons. The molecule has 120 valence electrons. The number of benzene rings is 1. The van der Waals surface area contributed by atoms with Gasteiger partial charge in [0.2, 0.25) is 0 Å². The van der Waals surface area contributed by atoms with E-state index in [1.54, 1.807) is 6.07 Å². The number of anilines is 1. The molecule has 0 saturated carbocycles. The third kappa shape index (κ3) is 4.16. The van der Waals surface area contributed by atoms with Crippen molar-refractivity contribution in [2.45, 2.75) is 27.2 Å². The van der Waals surface area contributed by atoms with Gasteiger partial charge in [0.05, 0.1) is 0 Å². The number of hydrogen-bond donors (Lipinski definition) is 2. The maximum Gasteiger partial charge on any atom is 0.274 e. The van der Waals surface area contributed by atoms with Crippen molar-refractivity contribution in [3.8, 4) is 0 Å². The molecule has 5 nitrogen and oxygen atoms in total. The topological polar surface area (TPSA) is 71.1 Å². The van der Waals surface area contributed by atoms with E-state index in [-0.39, 0.29) is 17.5 Å². The van der Waals surface area contributed by atoms with Crippen molar-refractivity contribution in [1.29, 1.82) is 0 Å². The second-order valence-electron chi connectivity index (χ2n) is 5.41. The number of carbonyl (C=O) groups is 2. The second-order valence-corrected chi connectivity index (χ2v) is 5.41. The summed E-state index contributed by atoms with van der Waals surface area (Å²) >= 11 is 0. The molecule has 0 spiro atoms. The normalized spacial score (nSPS) is 10.2. The minimum atomic E-state index is -0.326. The first-order valence-electron chi connectivity index (χ1n) is 7.64. The Bertz CT molecular complexity index is 706. The molecule has 0 aliphatic rings. The third-order valence-corrected chi connectivity index (χ3v) is 3.51. The highest BCUT2D eigenvalue weighted by molar-refractivity contribution is 6.05. The molecule has 1 heterocycles. The van der Waals surface area contributed by atoms with Gasteiger partial charge in [0.15, 0.2) is 0 Å². The average molecular weight is 311 g/mol. The van der Waals surface area contributed by atoms with Gasteiger partial charge in [-0.3, -0.25) is 14.6 Å². The fraction of sp³-hybridized carbons (Fsp3) is 0.278. The van der Waals surface area contributed by atoms with Gasteiger partial charge in [0.25, 0.3) is 11.8 Å². The molecule has 2 aromatic rings. The fourth-order valence-electron chi connectivity index (χ4n) is 2.23. The molecule has 0 fully saturated rings. The quantitative estimate of drug-likeness (QED) is 0.891. The van der Waals surface area contributed by atoms with Crippen LogP contribution in [-0.2, 0) is 0 Å². The predicted octanol–water partition coefficient (Wildman–Crippen LogP) is 3.09. The first-order chi connectivity index (χ1) is 11.0. The van der Waals surface area contributed by atoms with Crippen LogP contribution in [0, 0.1) is 13.8 Å². The van der Waals surface area contributed by atoms with Gasteiger partial charge >= 0.3 is 0 Å². The summed E-state index contributed by atoms with van der Waals surface area (Å²) in [7, 11) is 0. The summed E-state index contributed by atoms with van der Waals surface area (Å²) in [5, 5.41) is 5.66. The first kappa shape index (κ1) is 16.7. The van der Waals surface area contributed by atoms with Crippen molar-refractivity contribution in [3.05, 3.63) is 58.9 Å². The van der Waals surface area contributed by atoms with Gasteiger partial charge in [-0.1, -0.05) is 25.1 Å². The summed E-state index contributed by atoms with van der Waals surface area (Å²) < 4.78 is 0. The summed E-state index contributed by atoms with van der Waals surface area (Å²) in [6.45, 7) is 6.45. The Hall–Kier alpha value is -2.69. The smallest absolute Gasteiger partial charge is 0.274 e. The Labute approximate surface area is 136 Å².